The summed E-state index contributed by atoms with van der Waals surface area (Å²) in [5, 5.41) is 7.60. The van der Waals surface area contributed by atoms with E-state index in [1.807, 2.05) is 12.3 Å². The van der Waals surface area contributed by atoms with Crippen LogP contribution < -0.4 is 0 Å². The lowest BCUT2D eigenvalue weighted by Crippen LogP contribution is -1.97. The Bertz CT molecular complexity index is 2680. The van der Waals surface area contributed by atoms with E-state index >= 15 is 0 Å². The standard InChI is InChI=1S/C51H39N/c1-33(2)39-23-13-14-34(3)49(39)46-29-30-47(41-18-8-7-17-40(41)46)51-44-21-11-9-19-42(44)50(43-20-10-12-22-45(43)51)37-26-24-35(25-27-37)38-28-31-48(52-32-38)36-15-5-4-6-16-36/h4-33H,1-3H3. The monoisotopic (exact) mass is 665 g/mol. The van der Waals surface area contributed by atoms with Gasteiger partial charge in [0.15, 0.2) is 0 Å². The van der Waals surface area contributed by atoms with Crippen LogP contribution in [0, 0.1) is 6.92 Å². The van der Waals surface area contributed by atoms with Crippen molar-refractivity contribution in [1.82, 2.24) is 4.98 Å². The highest BCUT2D eigenvalue weighted by Crippen LogP contribution is 2.47. The topological polar surface area (TPSA) is 12.9 Å². The van der Waals surface area contributed by atoms with Gasteiger partial charge >= 0.3 is 0 Å². The third-order valence-corrected chi connectivity index (χ3v) is 10.7. The molecular formula is C51H39N. The fraction of sp³-hybridized carbons (Fsp3) is 0.0784. The summed E-state index contributed by atoms with van der Waals surface area (Å²) >= 11 is 0. The van der Waals surface area contributed by atoms with Crippen LogP contribution in [0.3, 0.4) is 0 Å². The quantitative estimate of drug-likeness (QED) is 0.161. The van der Waals surface area contributed by atoms with E-state index in [0.29, 0.717) is 5.92 Å². The minimum atomic E-state index is 0.430. The first-order valence-corrected chi connectivity index (χ1v) is 18.2. The molecule has 0 radical (unpaired) electrons. The molecule has 0 saturated heterocycles. The SMILES string of the molecule is Cc1cccc(C(C)C)c1-c1ccc(-c2c3ccccc3c(-c3ccc(-c4ccc(-c5ccccc5)nc4)cc3)c3ccccc23)c2ccccc12. The molecule has 0 fully saturated rings. The number of hydrogen-bond donors (Lipinski definition) is 0. The van der Waals surface area contributed by atoms with Crippen LogP contribution in [0.4, 0.5) is 0 Å². The molecule has 0 aliphatic heterocycles. The number of aryl methyl sites for hydroxylation is 1. The first-order chi connectivity index (χ1) is 25.6. The molecule has 1 nitrogen and oxygen atoms in total. The number of rotatable bonds is 6. The molecule has 0 aliphatic carbocycles. The molecule has 0 bridgehead atoms. The van der Waals surface area contributed by atoms with Gasteiger partial charge in [-0.25, -0.2) is 0 Å². The van der Waals surface area contributed by atoms with Crippen LogP contribution in [0.15, 0.2) is 176 Å². The van der Waals surface area contributed by atoms with E-state index < -0.39 is 0 Å². The van der Waals surface area contributed by atoms with Gasteiger partial charge in [-0.05, 0) is 101 Å². The number of aromatic nitrogens is 1. The second-order valence-corrected chi connectivity index (χ2v) is 14.1. The Morgan fingerprint density at radius 3 is 1.42 bits per heavy atom. The smallest absolute Gasteiger partial charge is 0.0702 e. The normalized spacial score (nSPS) is 11.5. The number of fused-ring (bicyclic) bond motifs is 3. The molecule has 0 atom stereocenters. The molecule has 0 aliphatic rings. The zero-order valence-corrected chi connectivity index (χ0v) is 29.8. The number of benzene rings is 8. The lowest BCUT2D eigenvalue weighted by atomic mass is 9.82. The third-order valence-electron chi connectivity index (χ3n) is 10.7. The molecule has 0 unspecified atom stereocenters. The van der Waals surface area contributed by atoms with E-state index in [1.54, 1.807) is 0 Å². The summed E-state index contributed by atoms with van der Waals surface area (Å²) in [6.07, 6.45) is 1.98. The second kappa shape index (κ2) is 13.1. The Hall–Kier alpha value is -6.31. The van der Waals surface area contributed by atoms with Gasteiger partial charge in [-0.1, -0.05) is 178 Å². The molecule has 9 aromatic rings. The van der Waals surface area contributed by atoms with Gasteiger partial charge in [0.2, 0.25) is 0 Å². The van der Waals surface area contributed by atoms with E-state index in [1.165, 1.54) is 76.8 Å². The average Bonchev–Trinajstić information content (AvgIpc) is 3.20. The maximum Gasteiger partial charge on any atom is 0.0702 e. The summed E-state index contributed by atoms with van der Waals surface area (Å²) < 4.78 is 0. The molecule has 52 heavy (non-hydrogen) atoms. The van der Waals surface area contributed by atoms with Gasteiger partial charge in [0.05, 0.1) is 5.69 Å². The molecule has 1 heteroatoms. The molecule has 1 heterocycles. The molecule has 1 aromatic heterocycles. The van der Waals surface area contributed by atoms with Gasteiger partial charge in [0.25, 0.3) is 0 Å². The molecule has 0 spiro atoms. The van der Waals surface area contributed by atoms with Crippen LogP contribution in [0.25, 0.3) is 88.1 Å². The van der Waals surface area contributed by atoms with Gasteiger partial charge in [-0.15, -0.1) is 0 Å². The zero-order valence-electron chi connectivity index (χ0n) is 29.8. The van der Waals surface area contributed by atoms with Crippen molar-refractivity contribution < 1.29 is 0 Å². The van der Waals surface area contributed by atoms with Gasteiger partial charge in [0.1, 0.15) is 0 Å². The predicted octanol–water partition coefficient (Wildman–Crippen LogP) is 14.3. The second-order valence-electron chi connectivity index (χ2n) is 14.1. The molecular weight excluding hydrogens is 627 g/mol. The van der Waals surface area contributed by atoms with Crippen LogP contribution >= 0.6 is 0 Å². The highest BCUT2D eigenvalue weighted by Gasteiger charge is 2.20. The lowest BCUT2D eigenvalue weighted by Gasteiger charge is -2.21. The fourth-order valence-corrected chi connectivity index (χ4v) is 8.18. The van der Waals surface area contributed by atoms with E-state index in [4.69, 9.17) is 4.98 Å². The van der Waals surface area contributed by atoms with Crippen LogP contribution in [0.2, 0.25) is 0 Å². The van der Waals surface area contributed by atoms with Crippen molar-refractivity contribution in [1.29, 1.82) is 0 Å². The van der Waals surface area contributed by atoms with Crippen LogP contribution in [-0.4, -0.2) is 4.98 Å². The van der Waals surface area contributed by atoms with E-state index in [2.05, 4.69) is 185 Å². The van der Waals surface area contributed by atoms with E-state index in [9.17, 15) is 0 Å². The van der Waals surface area contributed by atoms with Crippen molar-refractivity contribution in [3.05, 3.63) is 187 Å². The van der Waals surface area contributed by atoms with Crippen LogP contribution in [0.5, 0.6) is 0 Å². The third kappa shape index (κ3) is 5.38. The molecule has 0 saturated carbocycles. The van der Waals surface area contributed by atoms with Crippen molar-refractivity contribution in [3.8, 4) is 55.8 Å². The number of hydrogen-bond acceptors (Lipinski definition) is 1. The zero-order chi connectivity index (χ0) is 35.2. The summed E-state index contributed by atoms with van der Waals surface area (Å²) in [5.74, 6) is 0.430. The fourth-order valence-electron chi connectivity index (χ4n) is 8.18. The summed E-state index contributed by atoms with van der Waals surface area (Å²) in [6.45, 7) is 6.83. The molecule has 0 N–H and O–H groups in total. The van der Waals surface area contributed by atoms with Crippen molar-refractivity contribution >= 4 is 32.3 Å². The van der Waals surface area contributed by atoms with E-state index in [0.717, 1.165) is 22.4 Å². The van der Waals surface area contributed by atoms with E-state index in [-0.39, 0.29) is 0 Å². The summed E-state index contributed by atoms with van der Waals surface area (Å²) in [5.41, 5.74) is 14.8. The van der Waals surface area contributed by atoms with Gasteiger partial charge in [-0.3, -0.25) is 4.98 Å². The molecule has 248 valence electrons. The Labute approximate surface area is 305 Å². The molecule has 8 aromatic carbocycles. The minimum Gasteiger partial charge on any atom is -0.256 e. The van der Waals surface area contributed by atoms with Gasteiger partial charge in [-0.2, -0.15) is 0 Å². The lowest BCUT2D eigenvalue weighted by molar-refractivity contribution is 0.867. The highest BCUT2D eigenvalue weighted by atomic mass is 14.7. The first-order valence-electron chi connectivity index (χ1n) is 18.2. The minimum absolute atomic E-state index is 0.430. The summed E-state index contributed by atoms with van der Waals surface area (Å²) in [7, 11) is 0. The van der Waals surface area contributed by atoms with Gasteiger partial charge in [0, 0.05) is 17.3 Å². The maximum absolute atomic E-state index is 4.79. The largest absolute Gasteiger partial charge is 0.256 e. The first kappa shape index (κ1) is 31.7. The van der Waals surface area contributed by atoms with Crippen LogP contribution in [-0.2, 0) is 0 Å². The van der Waals surface area contributed by atoms with Crippen molar-refractivity contribution in [2.45, 2.75) is 26.7 Å². The predicted molar refractivity (Wildman–Crippen MR) is 223 cm³/mol. The highest BCUT2D eigenvalue weighted by molar-refractivity contribution is 6.24. The van der Waals surface area contributed by atoms with Gasteiger partial charge < -0.3 is 0 Å². The van der Waals surface area contributed by atoms with Crippen molar-refractivity contribution in [3.63, 3.8) is 0 Å². The summed E-state index contributed by atoms with van der Waals surface area (Å²) in [6, 6.07) is 61.9. The van der Waals surface area contributed by atoms with Crippen LogP contribution in [0.1, 0.15) is 30.9 Å². The van der Waals surface area contributed by atoms with Crippen molar-refractivity contribution in [2.75, 3.05) is 0 Å². The molecule has 0 amide bonds. The Balaban J connectivity index is 1.21. The van der Waals surface area contributed by atoms with Crippen molar-refractivity contribution in [2.24, 2.45) is 0 Å². The Morgan fingerprint density at radius 2 is 0.865 bits per heavy atom. The molecule has 9 rings (SSSR count). The Kier molecular flexibility index (Phi) is 7.98. The maximum atomic E-state index is 4.79. The number of pyridine rings is 1. The average molecular weight is 666 g/mol. The number of nitrogens with zero attached hydrogens (tertiary/aromatic N) is 1. The Morgan fingerprint density at radius 1 is 0.365 bits per heavy atom. The summed E-state index contributed by atoms with van der Waals surface area (Å²) in [4.78, 5) is 4.79.